The summed E-state index contributed by atoms with van der Waals surface area (Å²) >= 11 is 0. The number of carbonyl (C=O) groups excluding carboxylic acids is 6. The highest BCUT2D eigenvalue weighted by molar-refractivity contribution is 6.76. The van der Waals surface area contributed by atoms with Gasteiger partial charge in [0.15, 0.2) is 18.5 Å². The fourth-order valence-corrected chi connectivity index (χ4v) is 4.80. The molecule has 15 nitrogen and oxygen atoms in total. The summed E-state index contributed by atoms with van der Waals surface area (Å²) in [6.07, 6.45) is -3.62. The Morgan fingerprint density at radius 1 is 0.848 bits per heavy atom. The summed E-state index contributed by atoms with van der Waals surface area (Å²) in [7, 11) is -1.47. The first kappa shape index (κ1) is 40.5. The van der Waals surface area contributed by atoms with Crippen molar-refractivity contribution in [1.82, 2.24) is 10.6 Å². The van der Waals surface area contributed by atoms with Crippen LogP contribution in [0.3, 0.4) is 0 Å². The fraction of sp³-hybridized carbons (Fsp3) is 0.733. The van der Waals surface area contributed by atoms with Crippen molar-refractivity contribution < 1.29 is 61.9 Å². The molecule has 0 bridgehead atoms. The molecule has 0 saturated carbocycles. The molecule has 0 unspecified atom stereocenters. The zero-order valence-electron chi connectivity index (χ0n) is 28.5. The van der Waals surface area contributed by atoms with E-state index in [1.54, 1.807) is 20.8 Å². The average molecular weight is 675 g/mol. The third-order valence-electron chi connectivity index (χ3n) is 5.99. The molecular formula is C30H50N2O13Si. The zero-order valence-corrected chi connectivity index (χ0v) is 29.5. The molecule has 0 radical (unpaired) electrons. The van der Waals surface area contributed by atoms with Crippen LogP contribution in [0.1, 0.15) is 61.3 Å². The van der Waals surface area contributed by atoms with Gasteiger partial charge < -0.3 is 38.5 Å². The van der Waals surface area contributed by atoms with Crippen molar-refractivity contribution in [3.8, 4) is 0 Å². The average Bonchev–Trinajstić information content (AvgIpc) is 2.87. The number of amides is 2. The number of alkyl carbamates (subject to hydrolysis) is 1. The Morgan fingerprint density at radius 3 is 1.98 bits per heavy atom. The Hall–Kier alpha value is -3.50. The number of unbranched alkanes of at least 4 members (excludes halogenated alkanes) is 1. The van der Waals surface area contributed by atoms with Gasteiger partial charge in [0.25, 0.3) is 0 Å². The molecule has 16 heteroatoms. The van der Waals surface area contributed by atoms with Crippen LogP contribution in [-0.2, 0) is 57.1 Å². The van der Waals surface area contributed by atoms with Crippen molar-refractivity contribution in [3.63, 3.8) is 0 Å². The maximum Gasteiger partial charge on any atom is 0.412 e. The van der Waals surface area contributed by atoms with Crippen molar-refractivity contribution in [1.29, 1.82) is 0 Å². The van der Waals surface area contributed by atoms with Gasteiger partial charge in [0.2, 0.25) is 5.91 Å². The summed E-state index contributed by atoms with van der Waals surface area (Å²) in [5.41, 5.74) is -0.878. The van der Waals surface area contributed by atoms with Gasteiger partial charge in [-0.2, -0.15) is 0 Å². The molecule has 5 atom stereocenters. The van der Waals surface area contributed by atoms with Crippen molar-refractivity contribution in [3.05, 3.63) is 11.8 Å². The first-order valence-corrected chi connectivity index (χ1v) is 18.8. The second-order valence-corrected chi connectivity index (χ2v) is 18.5. The molecule has 0 spiro atoms. The molecule has 1 fully saturated rings. The van der Waals surface area contributed by atoms with E-state index >= 15 is 0 Å². The van der Waals surface area contributed by atoms with Gasteiger partial charge in [-0.25, -0.2) is 9.59 Å². The lowest BCUT2D eigenvalue weighted by atomic mass is 9.96. The molecular weight excluding hydrogens is 624 g/mol. The van der Waals surface area contributed by atoms with Crippen LogP contribution < -0.4 is 10.6 Å². The predicted octanol–water partition coefficient (Wildman–Crippen LogP) is 2.73. The molecule has 1 rings (SSSR count). The van der Waals surface area contributed by atoms with Crippen LogP contribution in [0, 0.1) is 0 Å². The van der Waals surface area contributed by atoms with Gasteiger partial charge in [-0.3, -0.25) is 24.5 Å². The number of hydrogen-bond acceptors (Lipinski definition) is 13. The third kappa shape index (κ3) is 16.7. The molecule has 262 valence electrons. The number of allylic oxidation sites excluding steroid dienone is 1. The van der Waals surface area contributed by atoms with Crippen LogP contribution in [0.5, 0.6) is 0 Å². The number of nitrogens with one attached hydrogen (secondary N) is 2. The molecule has 46 heavy (non-hydrogen) atoms. The predicted molar refractivity (Wildman–Crippen MR) is 166 cm³/mol. The highest BCUT2D eigenvalue weighted by atomic mass is 28.3. The van der Waals surface area contributed by atoms with Crippen LogP contribution in [0.25, 0.3) is 0 Å². The highest BCUT2D eigenvalue weighted by Crippen LogP contribution is 2.28. The SMILES string of the molecule is CC(=O)N[C@H]1[C@@H](OCCC/C=C(\NC(=O)OC(C)(C)C)C(=O)OCC[Si](C)(C)C)O[C@H](COC(C)=O)[C@H](OC(C)=O)[C@@H]1OC(C)=O. The summed E-state index contributed by atoms with van der Waals surface area (Å²) in [6, 6.07) is -0.366. The molecule has 0 aliphatic carbocycles. The fourth-order valence-electron chi connectivity index (χ4n) is 4.09. The summed E-state index contributed by atoms with van der Waals surface area (Å²) in [6.45, 7) is 16.1. The Kier molecular flexibility index (Phi) is 16.4. The number of hydrogen-bond donors (Lipinski definition) is 2. The second kappa shape index (κ2) is 18.6. The van der Waals surface area contributed by atoms with E-state index in [1.165, 1.54) is 19.9 Å². The molecule has 0 aromatic carbocycles. The first-order valence-electron chi connectivity index (χ1n) is 15.1. The maximum atomic E-state index is 12.8. The summed E-state index contributed by atoms with van der Waals surface area (Å²) < 4.78 is 38.5. The number of ether oxygens (including phenoxy) is 7. The lowest BCUT2D eigenvalue weighted by molar-refractivity contribution is -0.277. The number of esters is 4. The van der Waals surface area contributed by atoms with Crippen LogP contribution in [0.4, 0.5) is 4.79 Å². The molecule has 1 aliphatic rings. The van der Waals surface area contributed by atoms with E-state index in [1.807, 2.05) is 0 Å². The van der Waals surface area contributed by atoms with Crippen LogP contribution >= 0.6 is 0 Å². The lowest BCUT2D eigenvalue weighted by Gasteiger charge is -2.44. The first-order chi connectivity index (χ1) is 21.2. The minimum Gasteiger partial charge on any atom is -0.463 e. The van der Waals surface area contributed by atoms with E-state index in [0.717, 1.165) is 19.9 Å². The molecule has 2 amide bonds. The zero-order chi connectivity index (χ0) is 35.2. The van der Waals surface area contributed by atoms with E-state index < -0.39 is 80.2 Å². The highest BCUT2D eigenvalue weighted by Gasteiger charge is 2.51. The van der Waals surface area contributed by atoms with Gasteiger partial charge in [-0.15, -0.1) is 0 Å². The van der Waals surface area contributed by atoms with Gasteiger partial charge >= 0.3 is 30.0 Å². The molecule has 0 aromatic heterocycles. The number of rotatable bonds is 15. The Morgan fingerprint density at radius 2 is 1.46 bits per heavy atom. The van der Waals surface area contributed by atoms with E-state index in [2.05, 4.69) is 30.3 Å². The minimum atomic E-state index is -1.47. The Labute approximate surface area is 271 Å². The van der Waals surface area contributed by atoms with E-state index in [9.17, 15) is 28.8 Å². The van der Waals surface area contributed by atoms with E-state index in [0.29, 0.717) is 6.42 Å². The smallest absolute Gasteiger partial charge is 0.412 e. The van der Waals surface area contributed by atoms with Crippen molar-refractivity contribution in [2.75, 3.05) is 19.8 Å². The largest absolute Gasteiger partial charge is 0.463 e. The third-order valence-corrected chi connectivity index (χ3v) is 7.70. The van der Waals surface area contributed by atoms with Gasteiger partial charge in [0.1, 0.15) is 30.1 Å². The topological polar surface area (TPSA) is 191 Å². The molecule has 1 saturated heterocycles. The van der Waals surface area contributed by atoms with Crippen molar-refractivity contribution in [2.24, 2.45) is 0 Å². The van der Waals surface area contributed by atoms with Gasteiger partial charge in [0.05, 0.1) is 13.2 Å². The second-order valence-electron chi connectivity index (χ2n) is 12.9. The summed E-state index contributed by atoms with van der Waals surface area (Å²) in [5.74, 6) is -3.29. The van der Waals surface area contributed by atoms with Crippen LogP contribution in [-0.4, -0.2) is 100 Å². The van der Waals surface area contributed by atoms with Crippen LogP contribution in [0.15, 0.2) is 11.8 Å². The van der Waals surface area contributed by atoms with Gasteiger partial charge in [-0.05, 0) is 39.7 Å². The minimum absolute atomic E-state index is 0.00689. The van der Waals surface area contributed by atoms with E-state index in [4.69, 9.17) is 33.2 Å². The Balaban J connectivity index is 3.12. The van der Waals surface area contributed by atoms with E-state index in [-0.39, 0.29) is 31.9 Å². The normalized spacial score (nSPS) is 21.8. The maximum absolute atomic E-state index is 12.8. The van der Waals surface area contributed by atoms with Gasteiger partial charge in [0, 0.05) is 35.8 Å². The van der Waals surface area contributed by atoms with Gasteiger partial charge in [-0.1, -0.05) is 25.7 Å². The molecule has 2 N–H and O–H groups in total. The quantitative estimate of drug-likeness (QED) is 0.0848. The summed E-state index contributed by atoms with van der Waals surface area (Å²) in [4.78, 5) is 72.8. The number of carbonyl (C=O) groups is 6. The Bertz CT molecular complexity index is 1110. The van der Waals surface area contributed by atoms with Crippen molar-refractivity contribution >= 4 is 44.0 Å². The van der Waals surface area contributed by atoms with Crippen LogP contribution in [0.2, 0.25) is 25.7 Å². The van der Waals surface area contributed by atoms with Crippen molar-refractivity contribution in [2.45, 2.75) is 123 Å². The monoisotopic (exact) mass is 674 g/mol. The summed E-state index contributed by atoms with van der Waals surface area (Å²) in [5, 5.41) is 5.08. The standard InChI is InChI=1S/C30H50N2O13Si/c1-18(33)31-24-26(43-21(4)36)25(42-20(3)35)23(17-41-19(2)34)44-28(24)40-14-12-11-13-22(32-29(38)45-30(5,6)7)27(37)39-15-16-46(8,9)10/h13,23-26,28H,11-12,14-17H2,1-10H3,(H,31,33)(H,32,38)/b22-13-/t23-,24-,25+,26-,28+/m1/s1. The lowest BCUT2D eigenvalue weighted by Crippen LogP contribution is -2.66. The molecule has 0 aromatic rings. The molecule has 1 heterocycles. The molecule has 1 aliphatic heterocycles.